The highest BCUT2D eigenvalue weighted by molar-refractivity contribution is 7.89. The number of methoxy groups -OCH3 is 1. The molecule has 172 valence electrons. The van der Waals surface area contributed by atoms with E-state index in [0.717, 1.165) is 4.31 Å². The van der Waals surface area contributed by atoms with Gasteiger partial charge in [-0.05, 0) is 42.8 Å². The number of hydrogen-bond acceptors (Lipinski definition) is 5. The van der Waals surface area contributed by atoms with Gasteiger partial charge in [0.25, 0.3) is 0 Å². The number of ketones is 1. The van der Waals surface area contributed by atoms with Crippen molar-refractivity contribution in [1.29, 1.82) is 0 Å². The van der Waals surface area contributed by atoms with Gasteiger partial charge in [0, 0.05) is 17.1 Å². The molecule has 0 radical (unpaired) electrons. The van der Waals surface area contributed by atoms with Crippen LogP contribution in [0.4, 0.5) is 5.69 Å². The van der Waals surface area contributed by atoms with Crippen molar-refractivity contribution in [1.82, 2.24) is 4.31 Å². The predicted octanol–water partition coefficient (Wildman–Crippen LogP) is 4.38. The van der Waals surface area contributed by atoms with E-state index in [1.165, 1.54) is 38.3 Å². The number of ether oxygens (including phenoxy) is 1. The highest BCUT2D eigenvalue weighted by Gasteiger charge is 2.28. The zero-order chi connectivity index (χ0) is 24.0. The molecule has 33 heavy (non-hydrogen) atoms. The van der Waals surface area contributed by atoms with Gasteiger partial charge in [-0.3, -0.25) is 9.59 Å². The van der Waals surface area contributed by atoms with Crippen LogP contribution in [-0.2, 0) is 21.4 Å². The summed E-state index contributed by atoms with van der Waals surface area (Å²) in [5, 5.41) is 3.08. The molecule has 9 heteroatoms. The molecule has 0 saturated heterocycles. The molecule has 0 aliphatic carbocycles. The van der Waals surface area contributed by atoms with E-state index in [4.69, 9.17) is 16.3 Å². The number of rotatable bonds is 9. The molecule has 3 aromatic rings. The number of anilines is 1. The largest absolute Gasteiger partial charge is 0.495 e. The third-order valence-corrected chi connectivity index (χ3v) is 7.08. The smallest absolute Gasteiger partial charge is 0.243 e. The highest BCUT2D eigenvalue weighted by atomic mass is 35.5. The SMILES string of the molecule is COc1ccccc1NC(=O)CN(Cc1ccccc1Cl)S(=O)(=O)c1ccc(C(C)=O)cc1. The Kier molecular flexibility index (Phi) is 7.86. The number of sulfonamides is 1. The Balaban J connectivity index is 1.92. The molecule has 3 rings (SSSR count). The first-order valence-electron chi connectivity index (χ1n) is 10.00. The minimum Gasteiger partial charge on any atom is -0.495 e. The zero-order valence-corrected chi connectivity index (χ0v) is 19.7. The number of benzene rings is 3. The molecule has 0 bridgehead atoms. The molecule has 1 amide bonds. The summed E-state index contributed by atoms with van der Waals surface area (Å²) in [5.41, 5.74) is 1.36. The Morgan fingerprint density at radius 1 is 0.970 bits per heavy atom. The molecule has 0 aliphatic heterocycles. The van der Waals surface area contributed by atoms with Crippen LogP contribution in [0.25, 0.3) is 0 Å². The van der Waals surface area contributed by atoms with Crippen molar-refractivity contribution in [3.05, 3.63) is 88.9 Å². The van der Waals surface area contributed by atoms with E-state index in [1.54, 1.807) is 48.5 Å². The van der Waals surface area contributed by atoms with Crippen LogP contribution < -0.4 is 10.1 Å². The van der Waals surface area contributed by atoms with Gasteiger partial charge in [0.2, 0.25) is 15.9 Å². The van der Waals surface area contributed by atoms with Gasteiger partial charge in [-0.25, -0.2) is 8.42 Å². The normalized spacial score (nSPS) is 11.3. The summed E-state index contributed by atoms with van der Waals surface area (Å²) in [6.45, 7) is 0.825. The number of nitrogens with zero attached hydrogens (tertiary/aromatic N) is 1. The van der Waals surface area contributed by atoms with E-state index in [0.29, 0.717) is 27.6 Å². The van der Waals surface area contributed by atoms with Gasteiger partial charge in [0.05, 0.1) is 24.2 Å². The Bertz CT molecular complexity index is 1260. The fourth-order valence-electron chi connectivity index (χ4n) is 3.15. The molecular weight excluding hydrogens is 464 g/mol. The van der Waals surface area contributed by atoms with Crippen LogP contribution in [0, 0.1) is 0 Å². The molecule has 0 unspecified atom stereocenters. The Morgan fingerprint density at radius 3 is 2.24 bits per heavy atom. The standard InChI is InChI=1S/C24H23ClN2O5S/c1-17(28)18-11-13-20(14-12-18)33(30,31)27(15-19-7-3-4-8-21(19)25)16-24(29)26-22-9-5-6-10-23(22)32-2/h3-14H,15-16H2,1-2H3,(H,26,29). The van der Waals surface area contributed by atoms with E-state index in [2.05, 4.69) is 5.32 Å². The third kappa shape index (κ3) is 5.98. The summed E-state index contributed by atoms with van der Waals surface area (Å²) in [6.07, 6.45) is 0. The molecule has 0 atom stereocenters. The lowest BCUT2D eigenvalue weighted by atomic mass is 10.2. The average Bonchev–Trinajstić information content (AvgIpc) is 2.80. The van der Waals surface area contributed by atoms with Gasteiger partial charge < -0.3 is 10.1 Å². The molecule has 0 aromatic heterocycles. The molecular formula is C24H23ClN2O5S. The summed E-state index contributed by atoms with van der Waals surface area (Å²) in [5.74, 6) is -0.273. The van der Waals surface area contributed by atoms with Crippen molar-refractivity contribution in [3.63, 3.8) is 0 Å². The number of para-hydroxylation sites is 2. The molecule has 7 nitrogen and oxygen atoms in total. The van der Waals surface area contributed by atoms with E-state index >= 15 is 0 Å². The first kappa shape index (κ1) is 24.4. The quantitative estimate of drug-likeness (QED) is 0.453. The third-order valence-electron chi connectivity index (χ3n) is 4.90. The molecule has 0 spiro atoms. The average molecular weight is 487 g/mol. The first-order chi connectivity index (χ1) is 15.7. The van der Waals surface area contributed by atoms with Gasteiger partial charge >= 0.3 is 0 Å². The van der Waals surface area contributed by atoms with Crippen LogP contribution >= 0.6 is 11.6 Å². The van der Waals surface area contributed by atoms with Crippen LogP contribution in [0.15, 0.2) is 77.7 Å². The maximum Gasteiger partial charge on any atom is 0.243 e. The Morgan fingerprint density at radius 2 is 1.61 bits per heavy atom. The van der Waals surface area contributed by atoms with Gasteiger partial charge in [-0.15, -0.1) is 0 Å². The number of Topliss-reactive ketones (excluding diaryl/α,β-unsaturated/α-hetero) is 1. The number of nitrogens with one attached hydrogen (secondary N) is 1. The summed E-state index contributed by atoms with van der Waals surface area (Å²) in [7, 11) is -2.61. The summed E-state index contributed by atoms with van der Waals surface area (Å²) in [4.78, 5) is 24.4. The molecule has 1 N–H and O–H groups in total. The number of amides is 1. The molecule has 0 aliphatic rings. The van der Waals surface area contributed by atoms with Gasteiger partial charge in [-0.2, -0.15) is 4.31 Å². The van der Waals surface area contributed by atoms with Crippen molar-refractivity contribution in [2.24, 2.45) is 0 Å². The molecule has 3 aromatic carbocycles. The van der Waals surface area contributed by atoms with Crippen molar-refractivity contribution in [2.45, 2.75) is 18.4 Å². The van der Waals surface area contributed by atoms with Gasteiger partial charge in [0.1, 0.15) is 5.75 Å². The molecule has 0 heterocycles. The zero-order valence-electron chi connectivity index (χ0n) is 18.1. The van der Waals surface area contributed by atoms with Gasteiger partial charge in [-0.1, -0.05) is 54.1 Å². The van der Waals surface area contributed by atoms with Crippen molar-refractivity contribution < 1.29 is 22.7 Å². The first-order valence-corrected chi connectivity index (χ1v) is 11.8. The van der Waals surface area contributed by atoms with E-state index in [-0.39, 0.29) is 17.2 Å². The van der Waals surface area contributed by atoms with Crippen LogP contribution in [0.2, 0.25) is 5.02 Å². The Labute approximate surface area is 198 Å². The summed E-state index contributed by atoms with van der Waals surface area (Å²) >= 11 is 6.25. The lowest BCUT2D eigenvalue weighted by molar-refractivity contribution is -0.116. The minimum atomic E-state index is -4.09. The number of halogens is 1. The lowest BCUT2D eigenvalue weighted by Crippen LogP contribution is -2.37. The predicted molar refractivity (Wildman–Crippen MR) is 127 cm³/mol. The number of carbonyl (C=O) groups excluding carboxylic acids is 2. The van der Waals surface area contributed by atoms with Crippen LogP contribution in [-0.4, -0.2) is 38.1 Å². The fourth-order valence-corrected chi connectivity index (χ4v) is 4.72. The highest BCUT2D eigenvalue weighted by Crippen LogP contribution is 2.25. The second-order valence-electron chi connectivity index (χ2n) is 7.19. The summed E-state index contributed by atoms with van der Waals surface area (Å²) < 4.78 is 33.1. The number of hydrogen-bond donors (Lipinski definition) is 1. The van der Waals surface area contributed by atoms with E-state index < -0.39 is 22.5 Å². The van der Waals surface area contributed by atoms with E-state index in [9.17, 15) is 18.0 Å². The lowest BCUT2D eigenvalue weighted by Gasteiger charge is -2.23. The molecule has 0 saturated carbocycles. The van der Waals surface area contributed by atoms with Gasteiger partial charge in [0.15, 0.2) is 5.78 Å². The topological polar surface area (TPSA) is 92.8 Å². The Hall–Kier alpha value is -3.20. The monoisotopic (exact) mass is 486 g/mol. The van der Waals surface area contributed by atoms with Crippen molar-refractivity contribution in [2.75, 3.05) is 19.0 Å². The number of carbonyl (C=O) groups is 2. The van der Waals surface area contributed by atoms with Crippen molar-refractivity contribution >= 4 is 39.0 Å². The fraction of sp³-hybridized carbons (Fsp3) is 0.167. The minimum absolute atomic E-state index is 0.0374. The second-order valence-corrected chi connectivity index (χ2v) is 9.54. The maximum atomic E-state index is 13.4. The van der Waals surface area contributed by atoms with Crippen LogP contribution in [0.1, 0.15) is 22.8 Å². The van der Waals surface area contributed by atoms with E-state index in [1.807, 2.05) is 0 Å². The second kappa shape index (κ2) is 10.6. The maximum absolute atomic E-state index is 13.4. The summed E-state index contributed by atoms with van der Waals surface area (Å²) in [6, 6.07) is 19.2. The van der Waals surface area contributed by atoms with Crippen molar-refractivity contribution in [3.8, 4) is 5.75 Å². The van der Waals surface area contributed by atoms with Crippen LogP contribution in [0.5, 0.6) is 5.75 Å². The van der Waals surface area contributed by atoms with Crippen LogP contribution in [0.3, 0.4) is 0 Å². The molecule has 0 fully saturated rings.